The van der Waals surface area contributed by atoms with Crippen molar-refractivity contribution in [2.75, 3.05) is 23.7 Å². The highest BCUT2D eigenvalue weighted by atomic mass is 32.2. The lowest BCUT2D eigenvalue weighted by Crippen LogP contribution is -2.41. The summed E-state index contributed by atoms with van der Waals surface area (Å²) < 4.78 is 37.8. The number of anilines is 1. The van der Waals surface area contributed by atoms with E-state index in [1.165, 1.54) is 43.5 Å². The zero-order chi connectivity index (χ0) is 16.9. The van der Waals surface area contributed by atoms with Gasteiger partial charge in [-0.3, -0.25) is 9.10 Å². The van der Waals surface area contributed by atoms with Gasteiger partial charge in [0.1, 0.15) is 12.4 Å². The molecule has 1 aromatic carbocycles. The van der Waals surface area contributed by atoms with Crippen LogP contribution < -0.4 is 9.62 Å². The van der Waals surface area contributed by atoms with Crippen LogP contribution in [0.2, 0.25) is 0 Å². The summed E-state index contributed by atoms with van der Waals surface area (Å²) >= 11 is 0. The van der Waals surface area contributed by atoms with E-state index in [0.29, 0.717) is 12.5 Å². The predicted molar refractivity (Wildman–Crippen MR) is 88.2 cm³/mol. The Kier molecular flexibility index (Phi) is 5.98. The van der Waals surface area contributed by atoms with Crippen LogP contribution in [0.1, 0.15) is 32.1 Å². The first-order valence-corrected chi connectivity index (χ1v) is 9.71. The van der Waals surface area contributed by atoms with Crippen LogP contribution in [-0.2, 0) is 14.8 Å². The second kappa shape index (κ2) is 7.77. The van der Waals surface area contributed by atoms with Gasteiger partial charge in [-0.25, -0.2) is 12.8 Å². The number of nitrogens with one attached hydrogen (secondary N) is 1. The average Bonchev–Trinajstić information content (AvgIpc) is 2.52. The van der Waals surface area contributed by atoms with Gasteiger partial charge in [0, 0.05) is 6.54 Å². The van der Waals surface area contributed by atoms with E-state index in [-0.39, 0.29) is 18.1 Å². The summed E-state index contributed by atoms with van der Waals surface area (Å²) in [5.74, 6) is -0.320. The fourth-order valence-corrected chi connectivity index (χ4v) is 3.70. The lowest BCUT2D eigenvalue weighted by molar-refractivity contribution is -0.119. The summed E-state index contributed by atoms with van der Waals surface area (Å²) in [5, 5.41) is 2.82. The van der Waals surface area contributed by atoms with Crippen molar-refractivity contribution < 1.29 is 17.6 Å². The molecule has 1 aliphatic carbocycles. The number of carbonyl (C=O) groups excluding carboxylic acids is 1. The molecule has 2 rings (SSSR count). The number of benzene rings is 1. The van der Waals surface area contributed by atoms with Crippen LogP contribution in [0.3, 0.4) is 0 Å². The minimum Gasteiger partial charge on any atom is -0.354 e. The van der Waals surface area contributed by atoms with E-state index >= 15 is 0 Å². The van der Waals surface area contributed by atoms with Gasteiger partial charge < -0.3 is 5.32 Å². The molecule has 128 valence electrons. The maximum atomic E-state index is 13.0. The Morgan fingerprint density at radius 2 is 1.83 bits per heavy atom. The lowest BCUT2D eigenvalue weighted by atomic mass is 9.89. The van der Waals surface area contributed by atoms with Gasteiger partial charge in [0.25, 0.3) is 0 Å². The standard InChI is InChI=1S/C16H23FN2O3S/c1-23(21,22)19(15-9-7-14(17)8-10-15)12-16(20)18-11-13-5-3-2-4-6-13/h7-10,13H,2-6,11-12H2,1H3,(H,18,20). The Morgan fingerprint density at radius 1 is 1.22 bits per heavy atom. The molecule has 23 heavy (non-hydrogen) atoms. The molecule has 7 heteroatoms. The molecule has 5 nitrogen and oxygen atoms in total. The predicted octanol–water partition coefficient (Wildman–Crippen LogP) is 2.29. The van der Waals surface area contributed by atoms with Gasteiger partial charge in [-0.05, 0) is 43.0 Å². The maximum Gasteiger partial charge on any atom is 0.240 e. The SMILES string of the molecule is CS(=O)(=O)N(CC(=O)NCC1CCCCC1)c1ccc(F)cc1. The molecule has 1 N–H and O–H groups in total. The largest absolute Gasteiger partial charge is 0.354 e. The monoisotopic (exact) mass is 342 g/mol. The number of rotatable bonds is 6. The summed E-state index contributed by atoms with van der Waals surface area (Å²) in [7, 11) is -3.62. The molecule has 0 bridgehead atoms. The van der Waals surface area contributed by atoms with Crippen molar-refractivity contribution in [1.29, 1.82) is 0 Å². The van der Waals surface area contributed by atoms with Crippen molar-refractivity contribution in [3.05, 3.63) is 30.1 Å². The van der Waals surface area contributed by atoms with Crippen LogP contribution in [0.5, 0.6) is 0 Å². The van der Waals surface area contributed by atoms with E-state index in [0.717, 1.165) is 23.4 Å². The van der Waals surface area contributed by atoms with Crippen LogP contribution in [0.25, 0.3) is 0 Å². The van der Waals surface area contributed by atoms with Crippen LogP contribution in [0, 0.1) is 11.7 Å². The average molecular weight is 342 g/mol. The third-order valence-electron chi connectivity index (χ3n) is 4.11. The Bertz CT molecular complexity index is 625. The van der Waals surface area contributed by atoms with Crippen molar-refractivity contribution in [2.45, 2.75) is 32.1 Å². The molecule has 0 atom stereocenters. The number of hydrogen-bond acceptors (Lipinski definition) is 3. The fourth-order valence-electron chi connectivity index (χ4n) is 2.84. The molecule has 1 fully saturated rings. The molecule has 1 amide bonds. The molecule has 1 saturated carbocycles. The van der Waals surface area contributed by atoms with Gasteiger partial charge in [0.2, 0.25) is 15.9 Å². The molecular formula is C16H23FN2O3S. The zero-order valence-electron chi connectivity index (χ0n) is 13.3. The second-order valence-corrected chi connectivity index (χ2v) is 7.96. The Hall–Kier alpha value is -1.63. The normalized spacial score (nSPS) is 16.1. The van der Waals surface area contributed by atoms with E-state index in [4.69, 9.17) is 0 Å². The van der Waals surface area contributed by atoms with Crippen molar-refractivity contribution in [3.8, 4) is 0 Å². The minimum absolute atomic E-state index is 0.279. The Balaban J connectivity index is 1.97. The summed E-state index contributed by atoms with van der Waals surface area (Å²) in [5.41, 5.74) is 0.279. The van der Waals surface area contributed by atoms with Crippen molar-refractivity contribution in [2.24, 2.45) is 5.92 Å². The third-order valence-corrected chi connectivity index (χ3v) is 5.26. The molecule has 1 aromatic rings. The van der Waals surface area contributed by atoms with Gasteiger partial charge in [-0.1, -0.05) is 19.3 Å². The van der Waals surface area contributed by atoms with Crippen molar-refractivity contribution in [3.63, 3.8) is 0 Å². The van der Waals surface area contributed by atoms with E-state index in [1.54, 1.807) is 0 Å². The Labute approximate surface area is 136 Å². The van der Waals surface area contributed by atoms with Crippen LogP contribution in [-0.4, -0.2) is 33.7 Å². The van der Waals surface area contributed by atoms with Gasteiger partial charge in [0.15, 0.2) is 0 Å². The van der Waals surface area contributed by atoms with E-state index in [2.05, 4.69) is 5.32 Å². The highest BCUT2D eigenvalue weighted by Gasteiger charge is 2.21. The van der Waals surface area contributed by atoms with Crippen molar-refractivity contribution >= 4 is 21.6 Å². The lowest BCUT2D eigenvalue weighted by Gasteiger charge is -2.24. The highest BCUT2D eigenvalue weighted by Crippen LogP contribution is 2.23. The van der Waals surface area contributed by atoms with Crippen LogP contribution in [0.15, 0.2) is 24.3 Å². The van der Waals surface area contributed by atoms with Gasteiger partial charge in [-0.15, -0.1) is 0 Å². The first kappa shape index (κ1) is 17.7. The first-order chi connectivity index (χ1) is 10.9. The number of sulfonamides is 1. The molecule has 1 aliphatic rings. The Morgan fingerprint density at radius 3 is 2.39 bits per heavy atom. The van der Waals surface area contributed by atoms with Gasteiger partial charge in [0.05, 0.1) is 11.9 Å². The highest BCUT2D eigenvalue weighted by molar-refractivity contribution is 7.92. The van der Waals surface area contributed by atoms with Crippen LogP contribution >= 0.6 is 0 Å². The number of halogens is 1. The number of nitrogens with zero attached hydrogens (tertiary/aromatic N) is 1. The van der Waals surface area contributed by atoms with Crippen molar-refractivity contribution in [1.82, 2.24) is 5.32 Å². The molecule has 0 aliphatic heterocycles. The van der Waals surface area contributed by atoms with E-state index in [1.807, 2.05) is 0 Å². The molecule has 0 heterocycles. The molecule has 0 aromatic heterocycles. The van der Waals surface area contributed by atoms with E-state index in [9.17, 15) is 17.6 Å². The van der Waals surface area contributed by atoms with E-state index < -0.39 is 15.8 Å². The fraction of sp³-hybridized carbons (Fsp3) is 0.562. The maximum absolute atomic E-state index is 13.0. The first-order valence-electron chi connectivity index (χ1n) is 7.86. The van der Waals surface area contributed by atoms with Crippen LogP contribution in [0.4, 0.5) is 10.1 Å². The minimum atomic E-state index is -3.62. The molecular weight excluding hydrogens is 319 g/mol. The second-order valence-electron chi connectivity index (χ2n) is 6.05. The smallest absolute Gasteiger partial charge is 0.240 e. The topological polar surface area (TPSA) is 66.5 Å². The number of carbonyl (C=O) groups is 1. The summed E-state index contributed by atoms with van der Waals surface area (Å²) in [6.07, 6.45) is 6.86. The molecule has 0 radical (unpaired) electrons. The summed E-state index contributed by atoms with van der Waals surface area (Å²) in [6.45, 7) is 0.289. The van der Waals surface area contributed by atoms with Gasteiger partial charge >= 0.3 is 0 Å². The zero-order valence-corrected chi connectivity index (χ0v) is 14.1. The summed E-state index contributed by atoms with van der Waals surface area (Å²) in [6, 6.07) is 5.05. The quantitative estimate of drug-likeness (QED) is 0.862. The van der Waals surface area contributed by atoms with Gasteiger partial charge in [-0.2, -0.15) is 0 Å². The third kappa shape index (κ3) is 5.49. The number of hydrogen-bond donors (Lipinski definition) is 1. The molecule has 0 saturated heterocycles. The number of amides is 1. The molecule has 0 spiro atoms. The summed E-state index contributed by atoms with van der Waals surface area (Å²) in [4.78, 5) is 12.1. The molecule has 0 unspecified atom stereocenters.